The zero-order valence-corrected chi connectivity index (χ0v) is 31.1. The van der Waals surface area contributed by atoms with Crippen molar-refractivity contribution >= 4 is 24.6 Å². The van der Waals surface area contributed by atoms with E-state index in [-0.39, 0.29) is 33.6 Å². The molecule has 0 fully saturated rings. The van der Waals surface area contributed by atoms with Crippen molar-refractivity contribution < 1.29 is 29.3 Å². The molecule has 0 saturated heterocycles. The van der Waals surface area contributed by atoms with Gasteiger partial charge in [0.25, 0.3) is 0 Å². The highest BCUT2D eigenvalue weighted by Crippen LogP contribution is 2.41. The van der Waals surface area contributed by atoms with Gasteiger partial charge in [-0.2, -0.15) is 12.6 Å². The molecule has 0 unspecified atom stereocenters. The van der Waals surface area contributed by atoms with Gasteiger partial charge in [-0.25, -0.2) is 0 Å². The van der Waals surface area contributed by atoms with E-state index < -0.39 is 0 Å². The van der Waals surface area contributed by atoms with E-state index in [4.69, 9.17) is 9.47 Å². The molecule has 0 atom stereocenters. The second kappa shape index (κ2) is 16.2. The van der Waals surface area contributed by atoms with E-state index in [0.29, 0.717) is 56.1 Å². The number of carbonyl (C=O) groups is 2. The van der Waals surface area contributed by atoms with Crippen LogP contribution in [0.5, 0.6) is 11.5 Å². The number of benzene rings is 2. The predicted molar refractivity (Wildman–Crippen MR) is 189 cm³/mol. The van der Waals surface area contributed by atoms with Gasteiger partial charge in [0.05, 0.1) is 6.61 Å². The minimum atomic E-state index is -0.207. The van der Waals surface area contributed by atoms with E-state index >= 15 is 0 Å². The largest absolute Gasteiger partial charge is 0.507 e. The molecule has 0 aromatic heterocycles. The number of phenolic OH excluding ortho intramolecular Hbond substituents is 2. The van der Waals surface area contributed by atoms with Gasteiger partial charge < -0.3 is 19.7 Å². The van der Waals surface area contributed by atoms with Crippen LogP contribution in [0.15, 0.2) is 24.3 Å². The Balaban J connectivity index is 0.000000450. The number of aromatic hydroxyl groups is 2. The normalized spacial score (nSPS) is 12.3. The molecule has 254 valence electrons. The Bertz CT molecular complexity index is 1210. The monoisotopic (exact) mass is 644 g/mol. The number of hydrogen-bond acceptors (Lipinski definition) is 7. The summed E-state index contributed by atoms with van der Waals surface area (Å²) in [5, 5.41) is 21.3. The van der Waals surface area contributed by atoms with Crippen LogP contribution >= 0.6 is 12.6 Å². The average Bonchev–Trinajstić information content (AvgIpc) is 2.88. The van der Waals surface area contributed by atoms with Crippen molar-refractivity contribution in [3.05, 3.63) is 57.6 Å². The van der Waals surface area contributed by atoms with Crippen molar-refractivity contribution in [3.8, 4) is 11.5 Å². The number of esters is 2. The number of carbonyl (C=O) groups excluding carboxylic acids is 2. The van der Waals surface area contributed by atoms with E-state index in [1.54, 1.807) is 0 Å². The second-order valence-corrected chi connectivity index (χ2v) is 16.3. The van der Waals surface area contributed by atoms with Gasteiger partial charge in [0.15, 0.2) is 0 Å². The van der Waals surface area contributed by atoms with Gasteiger partial charge >= 0.3 is 11.9 Å². The molecule has 2 aromatic carbocycles. The topological polar surface area (TPSA) is 93.1 Å². The Kier molecular flexibility index (Phi) is 14.6. The Labute approximate surface area is 278 Å². The average molecular weight is 645 g/mol. The third-order valence-electron chi connectivity index (χ3n) is 7.47. The van der Waals surface area contributed by atoms with E-state index in [1.807, 2.05) is 31.2 Å². The molecule has 45 heavy (non-hydrogen) atoms. The summed E-state index contributed by atoms with van der Waals surface area (Å²) in [5.74, 6) is 0.894. The highest BCUT2D eigenvalue weighted by Gasteiger charge is 2.28. The zero-order valence-electron chi connectivity index (χ0n) is 30.2. The fourth-order valence-corrected chi connectivity index (χ4v) is 5.01. The van der Waals surface area contributed by atoms with Crippen molar-refractivity contribution in [1.82, 2.24) is 0 Å². The predicted octanol–water partition coefficient (Wildman–Crippen LogP) is 8.88. The molecule has 6 nitrogen and oxygen atoms in total. The Morgan fingerprint density at radius 3 is 1.13 bits per heavy atom. The van der Waals surface area contributed by atoms with Gasteiger partial charge in [-0.05, 0) is 74.8 Å². The van der Waals surface area contributed by atoms with Crippen LogP contribution in [0.1, 0.15) is 136 Å². The Morgan fingerprint density at radius 1 is 0.600 bits per heavy atom. The lowest BCUT2D eigenvalue weighted by Crippen LogP contribution is -2.18. The summed E-state index contributed by atoms with van der Waals surface area (Å²) in [5.41, 5.74) is 5.21. The first-order valence-corrected chi connectivity index (χ1v) is 16.7. The number of rotatable bonds is 9. The first-order valence-electron chi connectivity index (χ1n) is 16.1. The van der Waals surface area contributed by atoms with Gasteiger partial charge in [0, 0.05) is 18.6 Å². The molecule has 0 aliphatic heterocycles. The van der Waals surface area contributed by atoms with Crippen molar-refractivity contribution in [2.45, 2.75) is 137 Å². The van der Waals surface area contributed by atoms with Gasteiger partial charge in [0.1, 0.15) is 18.1 Å². The van der Waals surface area contributed by atoms with Gasteiger partial charge in [-0.15, -0.1) is 0 Å². The molecule has 0 radical (unpaired) electrons. The lowest BCUT2D eigenvalue weighted by Gasteiger charge is -2.28. The molecule has 0 amide bonds. The number of thiol groups is 1. The van der Waals surface area contributed by atoms with Gasteiger partial charge in [-0.1, -0.05) is 107 Å². The van der Waals surface area contributed by atoms with Crippen LogP contribution in [0.4, 0.5) is 0 Å². The molecule has 0 saturated carbocycles. The van der Waals surface area contributed by atoms with E-state index in [9.17, 15) is 19.8 Å². The summed E-state index contributed by atoms with van der Waals surface area (Å²) in [6.07, 6.45) is 1.95. The van der Waals surface area contributed by atoms with Gasteiger partial charge in [-0.3, -0.25) is 9.59 Å². The number of aryl methyl sites for hydroxylation is 2. The quantitative estimate of drug-likeness (QED) is 0.187. The maximum atomic E-state index is 11.7. The van der Waals surface area contributed by atoms with Crippen LogP contribution in [0.3, 0.4) is 0 Å². The van der Waals surface area contributed by atoms with E-state index in [2.05, 4.69) is 95.7 Å². The second-order valence-electron chi connectivity index (χ2n) is 15.8. The summed E-state index contributed by atoms with van der Waals surface area (Å²) in [4.78, 5) is 23.3. The van der Waals surface area contributed by atoms with Crippen LogP contribution in [0.2, 0.25) is 0 Å². The molecular weight excluding hydrogens is 584 g/mol. The van der Waals surface area contributed by atoms with Crippen LogP contribution in [0, 0.1) is 0 Å². The molecule has 0 heterocycles. The molecule has 2 aromatic rings. The molecule has 0 aliphatic rings. The molecule has 0 bridgehead atoms. The van der Waals surface area contributed by atoms with Crippen molar-refractivity contribution in [1.29, 1.82) is 0 Å². The summed E-state index contributed by atoms with van der Waals surface area (Å²) in [6, 6.07) is 8.06. The minimum Gasteiger partial charge on any atom is -0.507 e. The highest BCUT2D eigenvalue weighted by atomic mass is 32.1. The molecule has 0 aliphatic carbocycles. The standard InChI is InChI=1S/C19H30O3S.C19H30O3/c1-18(2,3)14-11-13(7-8-16(20)22-9-10-23)12-15(17(14)21)19(4,5)6;1-8-22-16(20)10-9-13-11-14(18(2,3)4)17(21)15(12-13)19(5,6)7/h11-12,21,23H,7-10H2,1-6H3;11-12,21H,8-10H2,1-7H3. The third-order valence-corrected chi connectivity index (χ3v) is 7.65. The van der Waals surface area contributed by atoms with Crippen LogP contribution in [-0.4, -0.2) is 41.1 Å². The molecule has 0 spiro atoms. The smallest absolute Gasteiger partial charge is 0.306 e. The summed E-state index contributed by atoms with van der Waals surface area (Å²) >= 11 is 4.03. The number of ether oxygens (including phenoxy) is 2. The first-order chi connectivity index (χ1) is 20.4. The first kappa shape index (κ1) is 40.4. The van der Waals surface area contributed by atoms with E-state index in [1.165, 1.54) is 0 Å². The highest BCUT2D eigenvalue weighted by molar-refractivity contribution is 7.80. The lowest BCUT2D eigenvalue weighted by molar-refractivity contribution is -0.143. The molecular formula is C38H60O6S. The molecule has 7 heteroatoms. The molecule has 2 rings (SSSR count). The van der Waals surface area contributed by atoms with Crippen LogP contribution in [0.25, 0.3) is 0 Å². The number of phenols is 2. The summed E-state index contributed by atoms with van der Waals surface area (Å²) < 4.78 is 10.1. The summed E-state index contributed by atoms with van der Waals surface area (Å²) in [7, 11) is 0. The van der Waals surface area contributed by atoms with Gasteiger partial charge in [0.2, 0.25) is 0 Å². The molecule has 2 N–H and O–H groups in total. The van der Waals surface area contributed by atoms with Crippen molar-refractivity contribution in [3.63, 3.8) is 0 Å². The summed E-state index contributed by atoms with van der Waals surface area (Å²) in [6.45, 7) is 27.6. The fourth-order valence-electron chi connectivity index (χ4n) is 4.92. The van der Waals surface area contributed by atoms with Crippen molar-refractivity contribution in [2.75, 3.05) is 19.0 Å². The maximum absolute atomic E-state index is 11.7. The van der Waals surface area contributed by atoms with Crippen LogP contribution < -0.4 is 0 Å². The maximum Gasteiger partial charge on any atom is 0.306 e. The lowest BCUT2D eigenvalue weighted by atomic mass is 9.78. The van der Waals surface area contributed by atoms with Crippen LogP contribution in [-0.2, 0) is 53.6 Å². The number of hydrogen-bond donors (Lipinski definition) is 3. The van der Waals surface area contributed by atoms with E-state index in [0.717, 1.165) is 33.4 Å². The third kappa shape index (κ3) is 12.9. The Hall–Kier alpha value is -2.67. The Morgan fingerprint density at radius 2 is 0.889 bits per heavy atom. The SMILES string of the molecule is CC(C)(C)c1cc(CCC(=O)OCCS)cc(C(C)(C)C)c1O.CCOC(=O)CCc1cc(C(C)(C)C)c(O)c(C(C)(C)C)c1. The fraction of sp³-hybridized carbons (Fsp3) is 0.632. The zero-order chi connectivity index (χ0) is 35.0. The minimum absolute atomic E-state index is 0.149. The van der Waals surface area contributed by atoms with Crippen molar-refractivity contribution in [2.24, 2.45) is 0 Å².